The van der Waals surface area contributed by atoms with Crippen LogP contribution in [-0.2, 0) is 7.05 Å². The predicted molar refractivity (Wildman–Crippen MR) is 116 cm³/mol. The van der Waals surface area contributed by atoms with Crippen molar-refractivity contribution in [1.82, 2.24) is 35.3 Å². The van der Waals surface area contributed by atoms with E-state index in [1.54, 1.807) is 6.07 Å². The normalized spacial score (nSPS) is 13.5. The third kappa shape index (κ3) is 3.49. The van der Waals surface area contributed by atoms with Crippen LogP contribution >= 0.6 is 0 Å². The fourth-order valence-corrected chi connectivity index (χ4v) is 3.77. The standard InChI is InChI=1S/C22H27N7O/c1-6-12(2)20(21-23-15-9-7-8-10-16(15)24-21)25-22(30)18-11-17(26-27-18)19-13(3)28-29(5)14(19)4/h7-12,20H,6H2,1-5H3,(H,23,24)(H,25,30)(H,26,27). The number of hydrogen-bond acceptors (Lipinski definition) is 4. The van der Waals surface area contributed by atoms with Crippen LogP contribution in [0.4, 0.5) is 0 Å². The number of aryl methyl sites for hydroxylation is 2. The van der Waals surface area contributed by atoms with Gasteiger partial charge in [0.15, 0.2) is 0 Å². The number of aromatic nitrogens is 6. The number of carbonyl (C=O) groups is 1. The van der Waals surface area contributed by atoms with Crippen molar-refractivity contribution in [1.29, 1.82) is 0 Å². The summed E-state index contributed by atoms with van der Waals surface area (Å²) < 4.78 is 1.82. The first kappa shape index (κ1) is 19.9. The summed E-state index contributed by atoms with van der Waals surface area (Å²) >= 11 is 0. The van der Waals surface area contributed by atoms with Gasteiger partial charge < -0.3 is 10.3 Å². The number of carbonyl (C=O) groups excluding carboxylic acids is 1. The van der Waals surface area contributed by atoms with Gasteiger partial charge in [-0.25, -0.2) is 4.98 Å². The van der Waals surface area contributed by atoms with E-state index in [1.807, 2.05) is 49.8 Å². The molecular formula is C22H27N7O. The van der Waals surface area contributed by atoms with Gasteiger partial charge in [0.1, 0.15) is 11.5 Å². The second-order valence-corrected chi connectivity index (χ2v) is 7.81. The van der Waals surface area contributed by atoms with Gasteiger partial charge in [0.25, 0.3) is 5.91 Å². The highest BCUT2D eigenvalue weighted by Crippen LogP contribution is 2.27. The molecule has 3 aromatic heterocycles. The fourth-order valence-electron chi connectivity index (χ4n) is 3.77. The highest BCUT2D eigenvalue weighted by Gasteiger charge is 2.25. The molecule has 30 heavy (non-hydrogen) atoms. The van der Waals surface area contributed by atoms with Gasteiger partial charge in [-0.05, 0) is 38.0 Å². The number of aromatic amines is 2. The number of hydrogen-bond donors (Lipinski definition) is 3. The minimum atomic E-state index is -0.233. The average Bonchev–Trinajstić information content (AvgIpc) is 3.43. The quantitative estimate of drug-likeness (QED) is 0.453. The van der Waals surface area contributed by atoms with Crippen LogP contribution in [-0.4, -0.2) is 35.9 Å². The molecule has 156 valence electrons. The number of H-pyrrole nitrogens is 2. The molecule has 2 atom stereocenters. The molecule has 4 aromatic rings. The van der Waals surface area contributed by atoms with Gasteiger partial charge in [-0.2, -0.15) is 10.2 Å². The van der Waals surface area contributed by atoms with Gasteiger partial charge in [-0.3, -0.25) is 14.6 Å². The Bertz CT molecular complexity index is 1170. The Balaban J connectivity index is 1.61. The minimum absolute atomic E-state index is 0.208. The minimum Gasteiger partial charge on any atom is -0.340 e. The van der Waals surface area contributed by atoms with Crippen LogP contribution in [0.2, 0.25) is 0 Å². The number of amides is 1. The van der Waals surface area contributed by atoms with E-state index in [0.29, 0.717) is 11.4 Å². The molecular weight excluding hydrogens is 378 g/mol. The van der Waals surface area contributed by atoms with E-state index in [4.69, 9.17) is 4.98 Å². The summed E-state index contributed by atoms with van der Waals surface area (Å²) in [5.41, 5.74) is 5.81. The van der Waals surface area contributed by atoms with Gasteiger partial charge in [-0.15, -0.1) is 0 Å². The molecule has 2 unspecified atom stereocenters. The van der Waals surface area contributed by atoms with Crippen molar-refractivity contribution in [2.75, 3.05) is 0 Å². The number of para-hydroxylation sites is 2. The zero-order chi connectivity index (χ0) is 21.4. The summed E-state index contributed by atoms with van der Waals surface area (Å²) in [5, 5.41) is 14.8. The van der Waals surface area contributed by atoms with E-state index in [1.165, 1.54) is 0 Å². The van der Waals surface area contributed by atoms with Crippen molar-refractivity contribution in [2.24, 2.45) is 13.0 Å². The zero-order valence-electron chi connectivity index (χ0n) is 17.9. The number of benzene rings is 1. The monoisotopic (exact) mass is 405 g/mol. The highest BCUT2D eigenvalue weighted by atomic mass is 16.2. The number of rotatable bonds is 6. The van der Waals surface area contributed by atoms with E-state index in [2.05, 4.69) is 39.4 Å². The van der Waals surface area contributed by atoms with Crippen LogP contribution in [0.25, 0.3) is 22.3 Å². The Morgan fingerprint density at radius 1 is 1.27 bits per heavy atom. The Hall–Kier alpha value is -3.42. The molecule has 3 heterocycles. The zero-order valence-corrected chi connectivity index (χ0v) is 17.9. The summed E-state index contributed by atoms with van der Waals surface area (Å²) in [4.78, 5) is 21.1. The van der Waals surface area contributed by atoms with Gasteiger partial charge in [0, 0.05) is 18.3 Å². The second-order valence-electron chi connectivity index (χ2n) is 7.81. The third-order valence-electron chi connectivity index (χ3n) is 5.79. The predicted octanol–water partition coefficient (Wildman–Crippen LogP) is 3.82. The molecule has 4 rings (SSSR count). The largest absolute Gasteiger partial charge is 0.340 e. The second kappa shape index (κ2) is 7.78. The molecule has 0 radical (unpaired) electrons. The van der Waals surface area contributed by atoms with Crippen LogP contribution in [0.5, 0.6) is 0 Å². The van der Waals surface area contributed by atoms with Crippen LogP contribution < -0.4 is 5.32 Å². The maximum Gasteiger partial charge on any atom is 0.269 e. The maximum atomic E-state index is 13.0. The van der Waals surface area contributed by atoms with E-state index in [9.17, 15) is 4.79 Å². The van der Waals surface area contributed by atoms with Gasteiger partial charge >= 0.3 is 0 Å². The number of imidazole rings is 1. The molecule has 8 nitrogen and oxygen atoms in total. The Morgan fingerprint density at radius 2 is 2.03 bits per heavy atom. The first-order valence-electron chi connectivity index (χ1n) is 10.2. The molecule has 8 heteroatoms. The molecule has 1 amide bonds. The molecule has 0 spiro atoms. The van der Waals surface area contributed by atoms with Crippen molar-refractivity contribution in [3.05, 3.63) is 53.2 Å². The summed E-state index contributed by atoms with van der Waals surface area (Å²) in [6.45, 7) is 8.15. The van der Waals surface area contributed by atoms with Crippen molar-refractivity contribution in [3.63, 3.8) is 0 Å². The molecule has 0 aliphatic rings. The van der Waals surface area contributed by atoms with Crippen molar-refractivity contribution in [3.8, 4) is 11.3 Å². The van der Waals surface area contributed by atoms with Gasteiger partial charge in [0.05, 0.1) is 28.5 Å². The summed E-state index contributed by atoms with van der Waals surface area (Å²) in [6.07, 6.45) is 0.907. The van der Waals surface area contributed by atoms with Crippen molar-refractivity contribution in [2.45, 2.75) is 40.2 Å². The van der Waals surface area contributed by atoms with E-state index >= 15 is 0 Å². The van der Waals surface area contributed by atoms with Crippen LogP contribution in [0, 0.1) is 19.8 Å². The molecule has 0 saturated carbocycles. The van der Waals surface area contributed by atoms with Gasteiger partial charge in [0.2, 0.25) is 0 Å². The fraction of sp³-hybridized carbons (Fsp3) is 0.364. The van der Waals surface area contributed by atoms with E-state index in [0.717, 1.165) is 40.2 Å². The lowest BCUT2D eigenvalue weighted by Crippen LogP contribution is -2.33. The smallest absolute Gasteiger partial charge is 0.269 e. The lowest BCUT2D eigenvalue weighted by molar-refractivity contribution is 0.0915. The highest BCUT2D eigenvalue weighted by molar-refractivity contribution is 5.93. The van der Waals surface area contributed by atoms with E-state index in [-0.39, 0.29) is 17.9 Å². The summed E-state index contributed by atoms with van der Waals surface area (Å²) in [7, 11) is 1.90. The van der Waals surface area contributed by atoms with Crippen LogP contribution in [0.3, 0.4) is 0 Å². The lowest BCUT2D eigenvalue weighted by atomic mass is 9.98. The number of nitrogens with zero attached hydrogens (tertiary/aromatic N) is 4. The Kier molecular flexibility index (Phi) is 5.15. The number of fused-ring (bicyclic) bond motifs is 1. The number of nitrogens with one attached hydrogen (secondary N) is 3. The molecule has 1 aromatic carbocycles. The molecule has 3 N–H and O–H groups in total. The van der Waals surface area contributed by atoms with Crippen molar-refractivity contribution < 1.29 is 4.79 Å². The topological polar surface area (TPSA) is 104 Å². The van der Waals surface area contributed by atoms with Crippen molar-refractivity contribution >= 4 is 16.9 Å². The first-order valence-corrected chi connectivity index (χ1v) is 10.2. The SMILES string of the molecule is CCC(C)C(NC(=O)c1cc(-c2c(C)nn(C)c2C)n[nH]1)c1nc2ccccc2[nH]1. The molecule has 0 aliphatic heterocycles. The molecule has 0 aliphatic carbocycles. The Morgan fingerprint density at radius 3 is 2.70 bits per heavy atom. The molecule has 0 bridgehead atoms. The lowest BCUT2D eigenvalue weighted by Gasteiger charge is -2.22. The maximum absolute atomic E-state index is 13.0. The first-order chi connectivity index (χ1) is 14.4. The molecule has 0 saturated heterocycles. The van der Waals surface area contributed by atoms with E-state index < -0.39 is 0 Å². The summed E-state index contributed by atoms with van der Waals surface area (Å²) in [5.74, 6) is 0.760. The van der Waals surface area contributed by atoms with Crippen LogP contribution in [0.15, 0.2) is 30.3 Å². The van der Waals surface area contributed by atoms with Gasteiger partial charge in [-0.1, -0.05) is 32.4 Å². The summed E-state index contributed by atoms with van der Waals surface area (Å²) in [6, 6.07) is 9.42. The Labute approximate surface area is 175 Å². The van der Waals surface area contributed by atoms with Crippen LogP contribution in [0.1, 0.15) is 54.0 Å². The average molecular weight is 406 g/mol. The molecule has 0 fully saturated rings. The third-order valence-corrected chi connectivity index (χ3v) is 5.79.